The van der Waals surface area contributed by atoms with E-state index in [0.717, 1.165) is 27.1 Å². The summed E-state index contributed by atoms with van der Waals surface area (Å²) in [6.45, 7) is -0.182. The molecule has 0 radical (unpaired) electrons. The van der Waals surface area contributed by atoms with E-state index in [1.54, 1.807) is 17.8 Å². The highest BCUT2D eigenvalue weighted by Crippen LogP contribution is 2.34. The average Bonchev–Trinajstić information content (AvgIpc) is 2.86. The molecule has 1 aliphatic heterocycles. The standard InChI is InChI=1S/C18H13ClFNO2S2/c1-24-12-7-5-11(6-8-12)9-16-17(22)21(18(23)25-16)10-13-14(19)3-2-4-15(13)20/h2-9H,10H2,1H3/b16-9-. The highest BCUT2D eigenvalue weighted by atomic mass is 35.5. The molecule has 1 fully saturated rings. The molecule has 2 aromatic rings. The van der Waals surface area contributed by atoms with Gasteiger partial charge in [-0.25, -0.2) is 4.39 Å². The third-order valence-electron chi connectivity index (χ3n) is 3.67. The van der Waals surface area contributed by atoms with Crippen molar-refractivity contribution in [3.05, 3.63) is 69.3 Å². The fourth-order valence-corrected chi connectivity index (χ4v) is 3.80. The number of benzene rings is 2. The van der Waals surface area contributed by atoms with Crippen molar-refractivity contribution in [2.45, 2.75) is 11.4 Å². The van der Waals surface area contributed by atoms with E-state index >= 15 is 0 Å². The van der Waals surface area contributed by atoms with Crippen molar-refractivity contribution >= 4 is 52.3 Å². The van der Waals surface area contributed by atoms with Crippen LogP contribution in [0.5, 0.6) is 0 Å². The Balaban J connectivity index is 1.83. The van der Waals surface area contributed by atoms with Gasteiger partial charge in [0.25, 0.3) is 11.1 Å². The third kappa shape index (κ3) is 3.92. The molecule has 25 heavy (non-hydrogen) atoms. The SMILES string of the molecule is CSc1ccc(/C=C2\SC(=O)N(Cc3c(F)cccc3Cl)C2=O)cc1. The van der Waals surface area contributed by atoms with Gasteiger partial charge in [0, 0.05) is 15.5 Å². The molecule has 0 aromatic heterocycles. The smallest absolute Gasteiger partial charge is 0.268 e. The van der Waals surface area contributed by atoms with Gasteiger partial charge in [0.1, 0.15) is 5.82 Å². The average molecular weight is 394 g/mol. The molecule has 0 atom stereocenters. The van der Waals surface area contributed by atoms with E-state index in [1.807, 2.05) is 30.5 Å². The summed E-state index contributed by atoms with van der Waals surface area (Å²) >= 11 is 8.45. The van der Waals surface area contributed by atoms with Crippen molar-refractivity contribution in [2.24, 2.45) is 0 Å². The Bertz CT molecular complexity index is 848. The number of amides is 2. The molecule has 3 rings (SSSR count). The zero-order chi connectivity index (χ0) is 18.0. The lowest BCUT2D eigenvalue weighted by molar-refractivity contribution is -0.123. The fourth-order valence-electron chi connectivity index (χ4n) is 2.33. The molecule has 1 heterocycles. The van der Waals surface area contributed by atoms with Gasteiger partial charge in [-0.2, -0.15) is 0 Å². The van der Waals surface area contributed by atoms with Crippen LogP contribution in [0.2, 0.25) is 5.02 Å². The molecule has 128 valence electrons. The Morgan fingerprint density at radius 2 is 1.92 bits per heavy atom. The number of thioether (sulfide) groups is 2. The lowest BCUT2D eigenvalue weighted by Gasteiger charge is -2.14. The van der Waals surface area contributed by atoms with Gasteiger partial charge in [0.2, 0.25) is 0 Å². The lowest BCUT2D eigenvalue weighted by Crippen LogP contribution is -2.28. The number of carbonyl (C=O) groups excluding carboxylic acids is 2. The van der Waals surface area contributed by atoms with Crippen LogP contribution in [0.25, 0.3) is 6.08 Å². The summed E-state index contributed by atoms with van der Waals surface area (Å²) in [5.74, 6) is -0.980. The second kappa shape index (κ2) is 7.64. The molecule has 0 spiro atoms. The van der Waals surface area contributed by atoms with E-state index in [-0.39, 0.29) is 17.1 Å². The van der Waals surface area contributed by atoms with Gasteiger partial charge in [-0.1, -0.05) is 29.8 Å². The first-order valence-corrected chi connectivity index (χ1v) is 9.74. The molecule has 0 aliphatic carbocycles. The van der Waals surface area contributed by atoms with Crippen LogP contribution >= 0.6 is 35.1 Å². The molecular formula is C18H13ClFNO2S2. The molecule has 1 aliphatic rings. The Labute approximate surface area is 158 Å². The molecule has 2 aromatic carbocycles. The second-order valence-corrected chi connectivity index (χ2v) is 7.52. The Kier molecular flexibility index (Phi) is 5.51. The third-order valence-corrected chi connectivity index (χ3v) is 5.67. The summed E-state index contributed by atoms with van der Waals surface area (Å²) in [6.07, 6.45) is 3.65. The molecule has 0 N–H and O–H groups in total. The maximum absolute atomic E-state index is 13.9. The van der Waals surface area contributed by atoms with E-state index < -0.39 is 17.0 Å². The van der Waals surface area contributed by atoms with E-state index in [1.165, 1.54) is 18.2 Å². The predicted octanol–water partition coefficient (Wildman–Crippen LogP) is 5.44. The molecular weight excluding hydrogens is 381 g/mol. The Morgan fingerprint density at radius 1 is 1.20 bits per heavy atom. The molecule has 2 amide bonds. The zero-order valence-corrected chi connectivity index (χ0v) is 15.6. The molecule has 3 nitrogen and oxygen atoms in total. The summed E-state index contributed by atoms with van der Waals surface area (Å²) in [5, 5.41) is -0.244. The monoisotopic (exact) mass is 393 g/mol. The van der Waals surface area contributed by atoms with Crippen LogP contribution in [-0.4, -0.2) is 22.3 Å². The van der Waals surface area contributed by atoms with Crippen LogP contribution in [0.1, 0.15) is 11.1 Å². The van der Waals surface area contributed by atoms with E-state index in [2.05, 4.69) is 0 Å². The minimum absolute atomic E-state index is 0.136. The minimum Gasteiger partial charge on any atom is -0.268 e. The van der Waals surface area contributed by atoms with E-state index in [0.29, 0.717) is 4.91 Å². The van der Waals surface area contributed by atoms with Crippen LogP contribution in [0, 0.1) is 5.82 Å². The van der Waals surface area contributed by atoms with Crippen molar-refractivity contribution in [2.75, 3.05) is 6.26 Å². The van der Waals surface area contributed by atoms with Crippen molar-refractivity contribution in [1.82, 2.24) is 4.90 Å². The first-order valence-electron chi connectivity index (χ1n) is 7.32. The number of imide groups is 1. The largest absolute Gasteiger partial charge is 0.293 e. The van der Waals surface area contributed by atoms with Gasteiger partial charge >= 0.3 is 0 Å². The molecule has 0 bridgehead atoms. The van der Waals surface area contributed by atoms with Crippen LogP contribution < -0.4 is 0 Å². The summed E-state index contributed by atoms with van der Waals surface area (Å²) in [4.78, 5) is 27.1. The number of nitrogens with zero attached hydrogens (tertiary/aromatic N) is 1. The van der Waals surface area contributed by atoms with Gasteiger partial charge in [-0.15, -0.1) is 11.8 Å². The molecule has 1 saturated heterocycles. The maximum atomic E-state index is 13.9. The minimum atomic E-state index is -0.539. The quantitative estimate of drug-likeness (QED) is 0.512. The van der Waals surface area contributed by atoms with Gasteiger partial charge in [0.15, 0.2) is 0 Å². The second-order valence-electron chi connectivity index (χ2n) is 5.24. The lowest BCUT2D eigenvalue weighted by atomic mass is 10.2. The Morgan fingerprint density at radius 3 is 2.56 bits per heavy atom. The van der Waals surface area contributed by atoms with Crippen molar-refractivity contribution in [3.8, 4) is 0 Å². The number of halogens is 2. The summed E-state index contributed by atoms with van der Waals surface area (Å²) in [5.41, 5.74) is 0.962. The topological polar surface area (TPSA) is 37.4 Å². The zero-order valence-electron chi connectivity index (χ0n) is 13.2. The highest BCUT2D eigenvalue weighted by molar-refractivity contribution is 8.18. The summed E-state index contributed by atoms with van der Waals surface area (Å²) in [7, 11) is 0. The summed E-state index contributed by atoms with van der Waals surface area (Å²) in [6, 6.07) is 11.9. The van der Waals surface area contributed by atoms with Crippen LogP contribution in [0.4, 0.5) is 9.18 Å². The maximum Gasteiger partial charge on any atom is 0.293 e. The first-order chi connectivity index (χ1) is 12.0. The number of hydrogen-bond donors (Lipinski definition) is 0. The van der Waals surface area contributed by atoms with Crippen LogP contribution in [0.3, 0.4) is 0 Å². The summed E-state index contributed by atoms with van der Waals surface area (Å²) < 4.78 is 13.9. The van der Waals surface area contributed by atoms with Crippen molar-refractivity contribution < 1.29 is 14.0 Å². The van der Waals surface area contributed by atoms with Crippen LogP contribution in [0.15, 0.2) is 52.3 Å². The number of rotatable bonds is 4. The first kappa shape index (κ1) is 18.0. The van der Waals surface area contributed by atoms with Gasteiger partial charge in [0.05, 0.1) is 11.4 Å². The van der Waals surface area contributed by atoms with Gasteiger partial charge in [-0.05, 0) is 53.9 Å². The number of carbonyl (C=O) groups is 2. The predicted molar refractivity (Wildman–Crippen MR) is 101 cm³/mol. The van der Waals surface area contributed by atoms with Gasteiger partial charge < -0.3 is 0 Å². The molecule has 0 unspecified atom stereocenters. The van der Waals surface area contributed by atoms with E-state index in [9.17, 15) is 14.0 Å². The highest BCUT2D eigenvalue weighted by Gasteiger charge is 2.35. The van der Waals surface area contributed by atoms with Gasteiger partial charge in [-0.3, -0.25) is 14.5 Å². The van der Waals surface area contributed by atoms with Crippen molar-refractivity contribution in [3.63, 3.8) is 0 Å². The number of hydrogen-bond acceptors (Lipinski definition) is 4. The van der Waals surface area contributed by atoms with E-state index in [4.69, 9.17) is 11.6 Å². The normalized spacial score (nSPS) is 16.1. The van der Waals surface area contributed by atoms with Crippen LogP contribution in [-0.2, 0) is 11.3 Å². The van der Waals surface area contributed by atoms with Crippen molar-refractivity contribution in [1.29, 1.82) is 0 Å². The Hall–Kier alpha value is -1.76. The fraction of sp³-hybridized carbons (Fsp3) is 0.111. The molecule has 0 saturated carbocycles. The molecule has 7 heteroatoms.